The number of hydrogen-bond donors (Lipinski definition) is 1. The number of aromatic nitrogens is 2. The molecular formula is C15H22ClN3O. The van der Waals surface area contributed by atoms with Crippen molar-refractivity contribution in [1.29, 1.82) is 0 Å². The van der Waals surface area contributed by atoms with Gasteiger partial charge in [0.25, 0.3) is 0 Å². The number of nitrogens with one attached hydrogen (secondary N) is 1. The number of unbranched alkanes of at least 4 members (excludes halogenated alkanes) is 1. The highest BCUT2D eigenvalue weighted by atomic mass is 35.5. The van der Waals surface area contributed by atoms with Gasteiger partial charge in [0.1, 0.15) is 17.3 Å². The Hall–Kier alpha value is -1.26. The molecule has 0 fully saturated rings. The number of hydrogen-bond acceptors (Lipinski definition) is 3. The molecule has 2 rings (SSSR count). The van der Waals surface area contributed by atoms with Crippen LogP contribution in [0.25, 0.3) is 0 Å². The molecule has 0 spiro atoms. The van der Waals surface area contributed by atoms with Gasteiger partial charge in [-0.2, -0.15) is 0 Å². The van der Waals surface area contributed by atoms with Crippen LogP contribution in [0.2, 0.25) is 5.15 Å². The summed E-state index contributed by atoms with van der Waals surface area (Å²) in [6, 6.07) is 3.99. The maximum absolute atomic E-state index is 6.18. The summed E-state index contributed by atoms with van der Waals surface area (Å²) in [5.74, 6) is 2.88. The van der Waals surface area contributed by atoms with E-state index in [1.54, 1.807) is 0 Å². The van der Waals surface area contributed by atoms with Gasteiger partial charge in [-0.1, -0.05) is 24.9 Å². The van der Waals surface area contributed by atoms with Crippen LogP contribution in [-0.4, -0.2) is 21.9 Å². The lowest BCUT2D eigenvalue weighted by Gasteiger charge is -2.13. The molecule has 0 aromatic carbocycles. The molecule has 0 aliphatic heterocycles. The fraction of sp³-hybridized carbons (Fsp3) is 0.533. The molecule has 0 atom stereocenters. The standard InChI is InChI=1S/C15H22ClN3O/c1-4-5-6-14-17-13(15(16)18-14)10-19(3)9-12-8-7-11(2)20-12/h7-8H,4-6,9-10H2,1-3H3,(H,17,18). The third-order valence-corrected chi connectivity index (χ3v) is 3.51. The molecule has 0 amide bonds. The Morgan fingerprint density at radius 1 is 1.35 bits per heavy atom. The van der Waals surface area contributed by atoms with E-state index in [2.05, 4.69) is 21.8 Å². The number of aromatic amines is 1. The quantitative estimate of drug-likeness (QED) is 0.841. The summed E-state index contributed by atoms with van der Waals surface area (Å²) < 4.78 is 5.58. The average Bonchev–Trinajstić information content (AvgIpc) is 2.94. The minimum Gasteiger partial charge on any atom is -0.465 e. The van der Waals surface area contributed by atoms with E-state index in [4.69, 9.17) is 16.0 Å². The highest BCUT2D eigenvalue weighted by Gasteiger charge is 2.11. The van der Waals surface area contributed by atoms with Crippen LogP contribution in [-0.2, 0) is 19.5 Å². The van der Waals surface area contributed by atoms with Gasteiger partial charge in [0.05, 0.1) is 12.2 Å². The summed E-state index contributed by atoms with van der Waals surface area (Å²) in [4.78, 5) is 9.85. The van der Waals surface area contributed by atoms with E-state index >= 15 is 0 Å². The Bertz CT molecular complexity index is 547. The van der Waals surface area contributed by atoms with Crippen molar-refractivity contribution >= 4 is 11.6 Å². The van der Waals surface area contributed by atoms with E-state index in [-0.39, 0.29) is 0 Å². The second kappa shape index (κ2) is 6.95. The molecule has 0 saturated heterocycles. The molecule has 5 heteroatoms. The smallest absolute Gasteiger partial charge is 0.151 e. The summed E-state index contributed by atoms with van der Waals surface area (Å²) in [5, 5.41) is 0.582. The van der Waals surface area contributed by atoms with Crippen LogP contribution >= 0.6 is 11.6 Å². The number of nitrogens with zero attached hydrogens (tertiary/aromatic N) is 2. The normalized spacial score (nSPS) is 11.4. The summed E-state index contributed by atoms with van der Waals surface area (Å²) in [6.07, 6.45) is 3.24. The van der Waals surface area contributed by atoms with E-state index < -0.39 is 0 Å². The van der Waals surface area contributed by atoms with E-state index in [0.29, 0.717) is 5.15 Å². The Labute approximate surface area is 125 Å². The van der Waals surface area contributed by atoms with Crippen molar-refractivity contribution in [1.82, 2.24) is 14.9 Å². The van der Waals surface area contributed by atoms with E-state index in [1.807, 2.05) is 26.1 Å². The van der Waals surface area contributed by atoms with Crippen LogP contribution in [0.4, 0.5) is 0 Å². The molecule has 2 aromatic rings. The van der Waals surface area contributed by atoms with Crippen LogP contribution in [0.3, 0.4) is 0 Å². The summed E-state index contributed by atoms with van der Waals surface area (Å²) in [5.41, 5.74) is 0.976. The van der Waals surface area contributed by atoms with Crippen molar-refractivity contribution in [2.24, 2.45) is 0 Å². The van der Waals surface area contributed by atoms with E-state index in [1.165, 1.54) is 0 Å². The lowest BCUT2D eigenvalue weighted by atomic mass is 10.2. The largest absolute Gasteiger partial charge is 0.465 e. The van der Waals surface area contributed by atoms with E-state index in [9.17, 15) is 0 Å². The van der Waals surface area contributed by atoms with Gasteiger partial charge < -0.3 is 9.40 Å². The van der Waals surface area contributed by atoms with Crippen LogP contribution < -0.4 is 0 Å². The molecule has 20 heavy (non-hydrogen) atoms. The van der Waals surface area contributed by atoms with Crippen LogP contribution in [0.1, 0.15) is 42.8 Å². The number of furan rings is 1. The van der Waals surface area contributed by atoms with Crippen molar-refractivity contribution in [3.8, 4) is 0 Å². The summed E-state index contributed by atoms with van der Waals surface area (Å²) in [7, 11) is 2.04. The van der Waals surface area contributed by atoms with Gasteiger partial charge in [-0.25, -0.2) is 4.98 Å². The number of aryl methyl sites for hydroxylation is 2. The lowest BCUT2D eigenvalue weighted by molar-refractivity contribution is 0.282. The summed E-state index contributed by atoms with van der Waals surface area (Å²) in [6.45, 7) is 5.62. The SMILES string of the molecule is CCCCc1nc(Cl)c(CN(C)Cc2ccc(C)o2)[nH]1. The zero-order valence-electron chi connectivity index (χ0n) is 12.4. The molecule has 0 bridgehead atoms. The Morgan fingerprint density at radius 3 is 2.80 bits per heavy atom. The Kier molecular flexibility index (Phi) is 5.26. The molecular weight excluding hydrogens is 274 g/mol. The van der Waals surface area contributed by atoms with Crippen molar-refractivity contribution in [2.75, 3.05) is 7.05 Å². The maximum atomic E-state index is 6.18. The first-order valence-corrected chi connectivity index (χ1v) is 7.43. The molecule has 0 saturated carbocycles. The minimum atomic E-state index is 0.582. The zero-order valence-corrected chi connectivity index (χ0v) is 13.1. The first-order chi connectivity index (χ1) is 9.58. The van der Waals surface area contributed by atoms with Gasteiger partial charge in [-0.15, -0.1) is 0 Å². The van der Waals surface area contributed by atoms with E-state index in [0.717, 1.165) is 55.4 Å². The van der Waals surface area contributed by atoms with Gasteiger partial charge in [0.15, 0.2) is 5.15 Å². The molecule has 0 unspecified atom stereocenters. The van der Waals surface area contributed by atoms with Gasteiger partial charge in [-0.3, -0.25) is 4.90 Å². The third kappa shape index (κ3) is 4.12. The predicted molar refractivity (Wildman–Crippen MR) is 80.8 cm³/mol. The van der Waals surface area contributed by atoms with Crippen LogP contribution in [0, 0.1) is 6.92 Å². The molecule has 4 nitrogen and oxygen atoms in total. The van der Waals surface area contributed by atoms with Gasteiger partial charge >= 0.3 is 0 Å². The Balaban J connectivity index is 1.93. The van der Waals surface area contributed by atoms with Crippen LogP contribution in [0.15, 0.2) is 16.5 Å². The highest BCUT2D eigenvalue weighted by molar-refractivity contribution is 6.30. The second-order valence-electron chi connectivity index (χ2n) is 5.24. The van der Waals surface area contributed by atoms with Gasteiger partial charge in [0, 0.05) is 13.0 Å². The number of H-pyrrole nitrogens is 1. The first-order valence-electron chi connectivity index (χ1n) is 7.05. The fourth-order valence-corrected chi connectivity index (χ4v) is 2.38. The molecule has 1 N–H and O–H groups in total. The second-order valence-corrected chi connectivity index (χ2v) is 5.60. The maximum Gasteiger partial charge on any atom is 0.151 e. The highest BCUT2D eigenvalue weighted by Crippen LogP contribution is 2.17. The molecule has 110 valence electrons. The fourth-order valence-electron chi connectivity index (χ4n) is 2.17. The molecule has 2 heterocycles. The van der Waals surface area contributed by atoms with Crippen molar-refractivity contribution < 1.29 is 4.42 Å². The minimum absolute atomic E-state index is 0.582. The number of halogens is 1. The van der Waals surface area contributed by atoms with Crippen molar-refractivity contribution in [3.63, 3.8) is 0 Å². The molecule has 0 radical (unpaired) electrons. The Morgan fingerprint density at radius 2 is 2.15 bits per heavy atom. The lowest BCUT2D eigenvalue weighted by Crippen LogP contribution is -2.17. The zero-order chi connectivity index (χ0) is 14.5. The monoisotopic (exact) mass is 295 g/mol. The van der Waals surface area contributed by atoms with Crippen LogP contribution in [0.5, 0.6) is 0 Å². The number of imidazole rings is 1. The van der Waals surface area contributed by atoms with Crippen molar-refractivity contribution in [2.45, 2.75) is 46.2 Å². The first kappa shape index (κ1) is 15.1. The average molecular weight is 296 g/mol. The van der Waals surface area contributed by atoms with Crippen molar-refractivity contribution in [3.05, 3.63) is 40.3 Å². The topological polar surface area (TPSA) is 45.1 Å². The van der Waals surface area contributed by atoms with Gasteiger partial charge in [0.2, 0.25) is 0 Å². The van der Waals surface area contributed by atoms with Gasteiger partial charge in [-0.05, 0) is 32.5 Å². The molecule has 0 aliphatic rings. The predicted octanol–water partition coefficient (Wildman–Crippen LogP) is 3.94. The molecule has 2 aromatic heterocycles. The molecule has 0 aliphatic carbocycles. The number of rotatable bonds is 7. The summed E-state index contributed by atoms with van der Waals surface area (Å²) >= 11 is 6.18. The third-order valence-electron chi connectivity index (χ3n) is 3.19.